The Bertz CT molecular complexity index is 718. The average molecular weight is 343 g/mol. The molecule has 2 rings (SSSR count). The van der Waals surface area contributed by atoms with Crippen LogP contribution in [0.15, 0.2) is 47.1 Å². The molecule has 0 fully saturated rings. The summed E-state index contributed by atoms with van der Waals surface area (Å²) in [5, 5.41) is 8.18. The van der Waals surface area contributed by atoms with Crippen LogP contribution >= 0.6 is 0 Å². The monoisotopic (exact) mass is 343 g/mol. The topological polar surface area (TPSA) is 83.4 Å². The smallest absolute Gasteiger partial charge is 0.319 e. The molecule has 3 N–H and O–H groups in total. The average Bonchev–Trinajstić information content (AvgIpc) is 3.05. The Labute approximate surface area is 148 Å². The highest BCUT2D eigenvalue weighted by Gasteiger charge is 2.20. The van der Waals surface area contributed by atoms with E-state index in [-0.39, 0.29) is 17.9 Å². The molecule has 3 amide bonds. The molecule has 0 aliphatic heterocycles. The molecule has 1 atom stereocenters. The first-order valence-corrected chi connectivity index (χ1v) is 8.24. The number of anilines is 1. The Morgan fingerprint density at radius 2 is 1.84 bits per heavy atom. The Kier molecular flexibility index (Phi) is 5.85. The molecule has 134 valence electrons. The third-order valence-electron chi connectivity index (χ3n) is 3.74. The van der Waals surface area contributed by atoms with Crippen LogP contribution in [0.4, 0.5) is 10.5 Å². The summed E-state index contributed by atoms with van der Waals surface area (Å²) in [6.45, 7) is 8.15. The number of urea groups is 1. The van der Waals surface area contributed by atoms with Crippen molar-refractivity contribution in [2.45, 2.75) is 45.7 Å². The van der Waals surface area contributed by atoms with Crippen LogP contribution in [0.5, 0.6) is 0 Å². The summed E-state index contributed by atoms with van der Waals surface area (Å²) in [4.78, 5) is 24.3. The van der Waals surface area contributed by atoms with E-state index in [4.69, 9.17) is 4.42 Å². The number of para-hydroxylation sites is 1. The minimum Gasteiger partial charge on any atom is -0.467 e. The largest absolute Gasteiger partial charge is 0.467 e. The first kappa shape index (κ1) is 18.6. The van der Waals surface area contributed by atoms with Crippen molar-refractivity contribution in [3.8, 4) is 0 Å². The summed E-state index contributed by atoms with van der Waals surface area (Å²) >= 11 is 0. The van der Waals surface area contributed by atoms with Gasteiger partial charge in [0.05, 0.1) is 12.8 Å². The number of hydrogen-bond acceptors (Lipinski definition) is 3. The van der Waals surface area contributed by atoms with Gasteiger partial charge >= 0.3 is 6.03 Å². The van der Waals surface area contributed by atoms with Crippen LogP contribution in [0.2, 0.25) is 0 Å². The summed E-state index contributed by atoms with van der Waals surface area (Å²) < 4.78 is 5.15. The summed E-state index contributed by atoms with van der Waals surface area (Å²) in [5.74, 6) is 0.375. The molecule has 0 saturated carbocycles. The van der Waals surface area contributed by atoms with Gasteiger partial charge in [0.1, 0.15) is 11.8 Å². The van der Waals surface area contributed by atoms with Crippen molar-refractivity contribution in [3.05, 3.63) is 54.0 Å². The van der Waals surface area contributed by atoms with Crippen molar-refractivity contribution < 1.29 is 14.0 Å². The summed E-state index contributed by atoms with van der Waals surface area (Å²) in [6.07, 6.45) is 1.54. The summed E-state index contributed by atoms with van der Waals surface area (Å²) in [6, 6.07) is 10.1. The minimum atomic E-state index is -0.670. The highest BCUT2D eigenvalue weighted by atomic mass is 16.3. The molecule has 1 aromatic carbocycles. The van der Waals surface area contributed by atoms with Gasteiger partial charge in [0.15, 0.2) is 0 Å². The van der Waals surface area contributed by atoms with Gasteiger partial charge in [-0.05, 0) is 36.1 Å². The number of benzene rings is 1. The van der Waals surface area contributed by atoms with Crippen LogP contribution < -0.4 is 16.0 Å². The first-order valence-electron chi connectivity index (χ1n) is 8.24. The molecule has 6 nitrogen and oxygen atoms in total. The molecular formula is C19H25N3O3. The van der Waals surface area contributed by atoms with Gasteiger partial charge < -0.3 is 20.4 Å². The first-order chi connectivity index (χ1) is 11.8. The van der Waals surface area contributed by atoms with Gasteiger partial charge in [-0.25, -0.2) is 4.79 Å². The number of carbonyl (C=O) groups excluding carboxylic acids is 2. The maximum Gasteiger partial charge on any atom is 0.319 e. The number of rotatable bonds is 5. The zero-order chi connectivity index (χ0) is 18.4. The lowest BCUT2D eigenvalue weighted by atomic mass is 9.86. The van der Waals surface area contributed by atoms with Crippen molar-refractivity contribution >= 4 is 17.6 Å². The van der Waals surface area contributed by atoms with E-state index in [0.29, 0.717) is 5.76 Å². The van der Waals surface area contributed by atoms with E-state index in [0.717, 1.165) is 11.3 Å². The van der Waals surface area contributed by atoms with E-state index in [9.17, 15) is 9.59 Å². The highest BCUT2D eigenvalue weighted by Crippen LogP contribution is 2.29. The number of hydrogen-bond donors (Lipinski definition) is 3. The maximum atomic E-state index is 12.2. The lowest BCUT2D eigenvalue weighted by Gasteiger charge is -2.23. The van der Waals surface area contributed by atoms with Crippen molar-refractivity contribution in [1.29, 1.82) is 0 Å². The molecule has 0 aliphatic rings. The molecule has 0 unspecified atom stereocenters. The number of amides is 3. The molecule has 0 aliphatic carbocycles. The maximum absolute atomic E-state index is 12.2. The molecule has 25 heavy (non-hydrogen) atoms. The Balaban J connectivity index is 1.90. The SMILES string of the molecule is C[C@@H](NC(=O)Nc1ccccc1C(C)(C)C)C(=O)NCc1ccco1. The molecule has 1 aromatic heterocycles. The summed E-state index contributed by atoms with van der Waals surface area (Å²) in [5.41, 5.74) is 1.66. The third-order valence-corrected chi connectivity index (χ3v) is 3.74. The van der Waals surface area contributed by atoms with Gasteiger partial charge in [0.2, 0.25) is 5.91 Å². The molecule has 0 bridgehead atoms. The Morgan fingerprint density at radius 3 is 2.48 bits per heavy atom. The predicted octanol–water partition coefficient (Wildman–Crippen LogP) is 3.40. The van der Waals surface area contributed by atoms with Gasteiger partial charge in [-0.15, -0.1) is 0 Å². The minimum absolute atomic E-state index is 0.101. The molecular weight excluding hydrogens is 318 g/mol. The molecule has 0 spiro atoms. The summed E-state index contributed by atoms with van der Waals surface area (Å²) in [7, 11) is 0. The second kappa shape index (κ2) is 7.88. The fourth-order valence-corrected chi connectivity index (χ4v) is 2.41. The van der Waals surface area contributed by atoms with Crippen LogP contribution in [0.1, 0.15) is 39.0 Å². The third kappa shape index (κ3) is 5.38. The lowest BCUT2D eigenvalue weighted by Crippen LogP contribution is -2.46. The van der Waals surface area contributed by atoms with Gasteiger partial charge in [-0.3, -0.25) is 4.79 Å². The molecule has 6 heteroatoms. The number of furan rings is 1. The van der Waals surface area contributed by atoms with Crippen molar-refractivity contribution in [2.75, 3.05) is 5.32 Å². The van der Waals surface area contributed by atoms with E-state index >= 15 is 0 Å². The molecule has 1 heterocycles. The second-order valence-corrected chi connectivity index (χ2v) is 6.91. The van der Waals surface area contributed by atoms with E-state index < -0.39 is 12.1 Å². The van der Waals surface area contributed by atoms with E-state index in [1.807, 2.05) is 24.3 Å². The van der Waals surface area contributed by atoms with Crippen LogP contribution in [-0.2, 0) is 16.8 Å². The van der Waals surface area contributed by atoms with Crippen molar-refractivity contribution in [3.63, 3.8) is 0 Å². The van der Waals surface area contributed by atoms with Gasteiger partial charge in [-0.2, -0.15) is 0 Å². The highest BCUT2D eigenvalue weighted by molar-refractivity contribution is 5.94. The van der Waals surface area contributed by atoms with Crippen molar-refractivity contribution in [1.82, 2.24) is 10.6 Å². The Morgan fingerprint density at radius 1 is 1.12 bits per heavy atom. The van der Waals surface area contributed by atoms with Gasteiger partial charge in [-0.1, -0.05) is 39.0 Å². The standard InChI is InChI=1S/C19H25N3O3/c1-13(17(23)20-12-14-8-7-11-25-14)21-18(24)22-16-10-6-5-9-15(16)19(2,3)4/h5-11,13H,12H2,1-4H3,(H,20,23)(H2,21,22,24)/t13-/m1/s1. The molecule has 0 radical (unpaired) electrons. The number of nitrogens with one attached hydrogen (secondary N) is 3. The quantitative estimate of drug-likeness (QED) is 0.778. The van der Waals surface area contributed by atoms with Gasteiger partial charge in [0.25, 0.3) is 0 Å². The second-order valence-electron chi connectivity index (χ2n) is 6.91. The van der Waals surface area contributed by atoms with Crippen molar-refractivity contribution in [2.24, 2.45) is 0 Å². The Hall–Kier alpha value is -2.76. The molecule has 0 saturated heterocycles. The van der Waals surface area contributed by atoms with E-state index in [1.54, 1.807) is 25.3 Å². The van der Waals surface area contributed by atoms with Crippen LogP contribution in [0.25, 0.3) is 0 Å². The van der Waals surface area contributed by atoms with E-state index in [1.165, 1.54) is 0 Å². The lowest BCUT2D eigenvalue weighted by molar-refractivity contribution is -0.122. The predicted molar refractivity (Wildman–Crippen MR) is 97.3 cm³/mol. The fourth-order valence-electron chi connectivity index (χ4n) is 2.41. The van der Waals surface area contributed by atoms with Crippen LogP contribution in [0, 0.1) is 0 Å². The normalized spacial score (nSPS) is 12.3. The van der Waals surface area contributed by atoms with Gasteiger partial charge in [0, 0.05) is 5.69 Å². The van der Waals surface area contributed by atoms with E-state index in [2.05, 4.69) is 36.7 Å². The zero-order valence-electron chi connectivity index (χ0n) is 15.1. The van der Waals surface area contributed by atoms with Crippen LogP contribution in [0.3, 0.4) is 0 Å². The number of carbonyl (C=O) groups is 2. The van der Waals surface area contributed by atoms with Crippen LogP contribution in [-0.4, -0.2) is 18.0 Å². The molecule has 2 aromatic rings. The fraction of sp³-hybridized carbons (Fsp3) is 0.368. The zero-order valence-corrected chi connectivity index (χ0v) is 15.1.